The number of nitrogens with zero attached hydrogens (tertiary/aromatic N) is 4. The van der Waals surface area contributed by atoms with E-state index < -0.39 is 0 Å². The van der Waals surface area contributed by atoms with Crippen LogP contribution >= 0.6 is 0 Å². The summed E-state index contributed by atoms with van der Waals surface area (Å²) in [5.41, 5.74) is 2.02. The Labute approximate surface area is 145 Å². The van der Waals surface area contributed by atoms with Crippen molar-refractivity contribution >= 4 is 11.7 Å². The molecule has 130 valence electrons. The van der Waals surface area contributed by atoms with Crippen LogP contribution in [0.3, 0.4) is 0 Å². The summed E-state index contributed by atoms with van der Waals surface area (Å²) in [5, 5.41) is 0. The number of fused-ring (bicyclic) bond motifs is 1. The number of anilines is 1. The molecule has 2 atom stereocenters. The van der Waals surface area contributed by atoms with Crippen LogP contribution in [0.5, 0.6) is 0 Å². The molecule has 2 aliphatic heterocycles. The van der Waals surface area contributed by atoms with Crippen LogP contribution in [-0.2, 0) is 0 Å². The normalized spacial score (nSPS) is 22.3. The van der Waals surface area contributed by atoms with Crippen LogP contribution in [0.2, 0.25) is 0 Å². The van der Waals surface area contributed by atoms with Gasteiger partial charge >= 0.3 is 0 Å². The third-order valence-corrected chi connectivity index (χ3v) is 5.43. The summed E-state index contributed by atoms with van der Waals surface area (Å²) in [4.78, 5) is 39.8. The van der Waals surface area contributed by atoms with Gasteiger partial charge in [0.05, 0.1) is 0 Å². The van der Waals surface area contributed by atoms with Gasteiger partial charge in [-0.1, -0.05) is 0 Å². The standard InChI is InChI=1S/C18H21N5O2/c1-11-12(2)20-10-21-16(11)22-6-13-8-23(9-14(13)7-22)18(25)15-4-3-5-19-17(15)24/h3-5,10,13-14H,6-9H2,1-2H3,(H,19,24). The SMILES string of the molecule is Cc1ncnc(N2CC3CN(C(=O)c4ccc[nH]c4=O)CC3C2)c1C. The first kappa shape index (κ1) is 15.8. The van der Waals surface area contributed by atoms with Crippen molar-refractivity contribution in [1.29, 1.82) is 0 Å². The molecular weight excluding hydrogens is 318 g/mol. The first-order chi connectivity index (χ1) is 12.0. The van der Waals surface area contributed by atoms with Gasteiger partial charge in [-0.15, -0.1) is 0 Å². The van der Waals surface area contributed by atoms with E-state index in [0.29, 0.717) is 24.9 Å². The summed E-state index contributed by atoms with van der Waals surface area (Å²) in [6.45, 7) is 7.20. The average Bonchev–Trinajstić information content (AvgIpc) is 3.16. The van der Waals surface area contributed by atoms with E-state index in [2.05, 4.69) is 26.8 Å². The highest BCUT2D eigenvalue weighted by atomic mass is 16.2. The Morgan fingerprint density at radius 1 is 1.16 bits per heavy atom. The number of pyridine rings is 1. The van der Waals surface area contributed by atoms with E-state index in [4.69, 9.17) is 0 Å². The largest absolute Gasteiger partial charge is 0.356 e. The van der Waals surface area contributed by atoms with E-state index in [1.54, 1.807) is 24.7 Å². The smallest absolute Gasteiger partial charge is 0.260 e. The molecule has 4 heterocycles. The van der Waals surface area contributed by atoms with Crippen LogP contribution in [0.25, 0.3) is 0 Å². The second-order valence-electron chi connectivity index (χ2n) is 6.96. The highest BCUT2D eigenvalue weighted by Crippen LogP contribution is 2.34. The van der Waals surface area contributed by atoms with Crippen molar-refractivity contribution in [2.24, 2.45) is 11.8 Å². The predicted molar refractivity (Wildman–Crippen MR) is 93.7 cm³/mol. The molecule has 0 aromatic carbocycles. The van der Waals surface area contributed by atoms with Gasteiger partial charge in [0, 0.05) is 55.5 Å². The van der Waals surface area contributed by atoms with Gasteiger partial charge in [-0.2, -0.15) is 0 Å². The number of aryl methyl sites for hydroxylation is 1. The monoisotopic (exact) mass is 339 g/mol. The highest BCUT2D eigenvalue weighted by Gasteiger charge is 2.42. The molecule has 7 heteroatoms. The molecule has 0 spiro atoms. The molecule has 2 fully saturated rings. The van der Waals surface area contributed by atoms with Gasteiger partial charge in [-0.05, 0) is 26.0 Å². The molecule has 0 bridgehead atoms. The first-order valence-corrected chi connectivity index (χ1v) is 8.54. The van der Waals surface area contributed by atoms with E-state index in [0.717, 1.165) is 30.2 Å². The van der Waals surface area contributed by atoms with Gasteiger partial charge in [-0.25, -0.2) is 9.97 Å². The minimum Gasteiger partial charge on any atom is -0.356 e. The van der Waals surface area contributed by atoms with Gasteiger partial charge in [0.15, 0.2) is 0 Å². The molecule has 7 nitrogen and oxygen atoms in total. The molecule has 2 unspecified atom stereocenters. The predicted octanol–water partition coefficient (Wildman–Crippen LogP) is 0.990. The highest BCUT2D eigenvalue weighted by molar-refractivity contribution is 5.94. The van der Waals surface area contributed by atoms with Crippen LogP contribution in [0.1, 0.15) is 21.6 Å². The molecule has 0 radical (unpaired) electrons. The molecule has 1 N–H and O–H groups in total. The number of carbonyl (C=O) groups excluding carboxylic acids is 1. The minimum atomic E-state index is -0.321. The van der Waals surface area contributed by atoms with Gasteiger partial charge < -0.3 is 14.8 Å². The summed E-state index contributed by atoms with van der Waals surface area (Å²) < 4.78 is 0. The van der Waals surface area contributed by atoms with Crippen LogP contribution in [0, 0.1) is 25.7 Å². The number of hydrogen-bond acceptors (Lipinski definition) is 5. The second kappa shape index (κ2) is 5.98. The Morgan fingerprint density at radius 2 is 1.88 bits per heavy atom. The fraction of sp³-hybridized carbons (Fsp3) is 0.444. The lowest BCUT2D eigenvalue weighted by Gasteiger charge is -2.23. The summed E-state index contributed by atoms with van der Waals surface area (Å²) >= 11 is 0. The lowest BCUT2D eigenvalue weighted by Crippen LogP contribution is -2.36. The van der Waals surface area contributed by atoms with Gasteiger partial charge in [0.2, 0.25) is 0 Å². The summed E-state index contributed by atoms with van der Waals surface area (Å²) in [5.74, 6) is 1.67. The molecule has 0 saturated carbocycles. The molecule has 2 aliphatic rings. The minimum absolute atomic E-state index is 0.170. The Balaban J connectivity index is 1.48. The van der Waals surface area contributed by atoms with E-state index in [1.165, 1.54) is 0 Å². The lowest BCUT2D eigenvalue weighted by atomic mass is 10.0. The molecule has 2 aromatic heterocycles. The molecule has 2 aromatic rings. The van der Waals surface area contributed by atoms with Gasteiger partial charge in [0.1, 0.15) is 17.7 Å². The van der Waals surface area contributed by atoms with Crippen molar-refractivity contribution in [3.8, 4) is 0 Å². The average molecular weight is 339 g/mol. The summed E-state index contributed by atoms with van der Waals surface area (Å²) in [6.07, 6.45) is 3.16. The van der Waals surface area contributed by atoms with Crippen LogP contribution in [-0.4, -0.2) is 51.9 Å². The quantitative estimate of drug-likeness (QED) is 0.882. The fourth-order valence-electron chi connectivity index (χ4n) is 3.94. The van der Waals surface area contributed by atoms with Crippen LogP contribution < -0.4 is 10.5 Å². The van der Waals surface area contributed by atoms with Crippen LogP contribution in [0.4, 0.5) is 5.82 Å². The zero-order chi connectivity index (χ0) is 17.6. The molecular formula is C18H21N5O2. The Hall–Kier alpha value is -2.70. The number of aromatic nitrogens is 3. The van der Waals surface area contributed by atoms with Crippen molar-refractivity contribution in [3.05, 3.63) is 51.8 Å². The Kier molecular flexibility index (Phi) is 3.78. The topological polar surface area (TPSA) is 82.2 Å². The van der Waals surface area contributed by atoms with Crippen molar-refractivity contribution in [1.82, 2.24) is 19.9 Å². The maximum absolute atomic E-state index is 12.6. The van der Waals surface area contributed by atoms with E-state index in [-0.39, 0.29) is 17.0 Å². The number of hydrogen-bond donors (Lipinski definition) is 1. The van der Waals surface area contributed by atoms with E-state index >= 15 is 0 Å². The zero-order valence-corrected chi connectivity index (χ0v) is 14.4. The van der Waals surface area contributed by atoms with Gasteiger partial charge in [-0.3, -0.25) is 9.59 Å². The Bertz CT molecular complexity index is 864. The summed E-state index contributed by atoms with van der Waals surface area (Å²) in [6, 6.07) is 3.28. The number of carbonyl (C=O) groups is 1. The number of nitrogens with one attached hydrogen (secondary N) is 1. The van der Waals surface area contributed by atoms with Crippen molar-refractivity contribution in [2.45, 2.75) is 13.8 Å². The fourth-order valence-corrected chi connectivity index (χ4v) is 3.94. The maximum atomic E-state index is 12.6. The maximum Gasteiger partial charge on any atom is 0.260 e. The third kappa shape index (κ3) is 2.69. The zero-order valence-electron chi connectivity index (χ0n) is 14.4. The first-order valence-electron chi connectivity index (χ1n) is 8.54. The molecule has 0 aliphatic carbocycles. The lowest BCUT2D eigenvalue weighted by molar-refractivity contribution is 0.0781. The van der Waals surface area contributed by atoms with Crippen LogP contribution in [0.15, 0.2) is 29.5 Å². The van der Waals surface area contributed by atoms with E-state index in [9.17, 15) is 9.59 Å². The number of rotatable bonds is 2. The third-order valence-electron chi connectivity index (χ3n) is 5.43. The number of likely N-dealkylation sites (tertiary alicyclic amines) is 1. The Morgan fingerprint density at radius 3 is 2.56 bits per heavy atom. The van der Waals surface area contributed by atoms with Crippen molar-refractivity contribution in [3.63, 3.8) is 0 Å². The number of H-pyrrole nitrogens is 1. The number of aromatic amines is 1. The summed E-state index contributed by atoms with van der Waals surface area (Å²) in [7, 11) is 0. The molecule has 25 heavy (non-hydrogen) atoms. The molecule has 2 saturated heterocycles. The van der Waals surface area contributed by atoms with E-state index in [1.807, 2.05) is 11.8 Å². The molecule has 1 amide bonds. The second-order valence-corrected chi connectivity index (χ2v) is 6.96. The molecule has 4 rings (SSSR count). The van der Waals surface area contributed by atoms with Crippen molar-refractivity contribution in [2.75, 3.05) is 31.1 Å². The number of amides is 1. The van der Waals surface area contributed by atoms with Crippen molar-refractivity contribution < 1.29 is 4.79 Å². The van der Waals surface area contributed by atoms with Gasteiger partial charge in [0.25, 0.3) is 11.5 Å².